The highest BCUT2D eigenvalue weighted by Crippen LogP contribution is 2.43. The van der Waals surface area contributed by atoms with Crippen LogP contribution in [0.5, 0.6) is 0 Å². The molecule has 5 nitrogen and oxygen atoms in total. The van der Waals surface area contributed by atoms with E-state index in [0.29, 0.717) is 5.15 Å². The fraction of sp³-hybridized carbons (Fsp3) is 0.130. The molecule has 2 aromatic heterocycles. The molecule has 1 atom stereocenters. The van der Waals surface area contributed by atoms with Gasteiger partial charge in [-0.2, -0.15) is 0 Å². The van der Waals surface area contributed by atoms with E-state index in [4.69, 9.17) is 11.6 Å². The standard InChI is InChI=1S/C23H20ClN5/c24-22-21-23(27-16-26-22)29(18-10-5-2-6-11-18)20(19-12-7-13-28(19)21)15-25-14-17-8-3-1-4-9-17/h1-13,16,20,25H,14-15H2. The van der Waals surface area contributed by atoms with Gasteiger partial charge in [0, 0.05) is 30.7 Å². The zero-order valence-corrected chi connectivity index (χ0v) is 16.5. The van der Waals surface area contributed by atoms with E-state index in [1.165, 1.54) is 11.9 Å². The van der Waals surface area contributed by atoms with Gasteiger partial charge in [0.25, 0.3) is 0 Å². The van der Waals surface area contributed by atoms with Gasteiger partial charge in [0.1, 0.15) is 12.0 Å². The third-order valence-electron chi connectivity index (χ3n) is 5.20. The van der Waals surface area contributed by atoms with Crippen molar-refractivity contribution in [1.29, 1.82) is 0 Å². The average Bonchev–Trinajstić information content (AvgIpc) is 3.25. The van der Waals surface area contributed by atoms with Gasteiger partial charge >= 0.3 is 0 Å². The number of hydrogen-bond donors (Lipinski definition) is 1. The van der Waals surface area contributed by atoms with Gasteiger partial charge in [0.15, 0.2) is 11.0 Å². The minimum absolute atomic E-state index is 0.0644. The van der Waals surface area contributed by atoms with Gasteiger partial charge in [-0.1, -0.05) is 60.1 Å². The Morgan fingerprint density at radius 1 is 0.897 bits per heavy atom. The molecule has 0 spiro atoms. The summed E-state index contributed by atoms with van der Waals surface area (Å²) in [5, 5.41) is 4.06. The highest BCUT2D eigenvalue weighted by atomic mass is 35.5. The molecule has 0 saturated carbocycles. The van der Waals surface area contributed by atoms with Gasteiger partial charge in [0.05, 0.1) is 6.04 Å². The quantitative estimate of drug-likeness (QED) is 0.483. The minimum atomic E-state index is 0.0644. The van der Waals surface area contributed by atoms with Gasteiger partial charge in [-0.25, -0.2) is 9.97 Å². The van der Waals surface area contributed by atoms with E-state index in [1.54, 1.807) is 0 Å². The fourth-order valence-corrected chi connectivity index (χ4v) is 4.14. The first-order valence-corrected chi connectivity index (χ1v) is 9.98. The fourth-order valence-electron chi connectivity index (χ4n) is 3.92. The van der Waals surface area contributed by atoms with Crippen molar-refractivity contribution in [3.8, 4) is 5.69 Å². The summed E-state index contributed by atoms with van der Waals surface area (Å²) in [4.78, 5) is 11.1. The van der Waals surface area contributed by atoms with Gasteiger partial charge in [-0.15, -0.1) is 0 Å². The third kappa shape index (κ3) is 3.28. The largest absolute Gasteiger partial charge is 0.314 e. The van der Waals surface area contributed by atoms with Crippen LogP contribution in [0, 0.1) is 0 Å². The van der Waals surface area contributed by atoms with E-state index in [9.17, 15) is 0 Å². The van der Waals surface area contributed by atoms with Crippen LogP contribution in [-0.2, 0) is 6.54 Å². The number of fused-ring (bicyclic) bond motifs is 3. The van der Waals surface area contributed by atoms with Crippen molar-refractivity contribution >= 4 is 23.1 Å². The van der Waals surface area contributed by atoms with Crippen LogP contribution in [0.2, 0.25) is 5.15 Å². The highest BCUT2D eigenvalue weighted by molar-refractivity contribution is 6.31. The van der Waals surface area contributed by atoms with Crippen molar-refractivity contribution in [2.75, 3.05) is 11.4 Å². The van der Waals surface area contributed by atoms with Crippen molar-refractivity contribution in [3.05, 3.63) is 102 Å². The van der Waals surface area contributed by atoms with Gasteiger partial charge in [0.2, 0.25) is 0 Å². The van der Waals surface area contributed by atoms with Crippen LogP contribution < -0.4 is 10.2 Å². The van der Waals surface area contributed by atoms with E-state index in [1.807, 2.05) is 36.5 Å². The molecule has 1 aliphatic heterocycles. The van der Waals surface area contributed by atoms with Crippen LogP contribution in [0.3, 0.4) is 0 Å². The molecule has 144 valence electrons. The molecule has 1 aliphatic rings. The van der Waals surface area contributed by atoms with Crippen molar-refractivity contribution < 1.29 is 0 Å². The first-order chi connectivity index (χ1) is 14.3. The lowest BCUT2D eigenvalue weighted by molar-refractivity contribution is 0.554. The molecule has 2 aromatic carbocycles. The molecule has 1 unspecified atom stereocenters. The molecule has 5 rings (SSSR count). The number of para-hydroxylation sites is 1. The minimum Gasteiger partial charge on any atom is -0.314 e. The number of nitrogens with one attached hydrogen (secondary N) is 1. The average molecular weight is 402 g/mol. The molecule has 0 aliphatic carbocycles. The summed E-state index contributed by atoms with van der Waals surface area (Å²) < 4.78 is 2.10. The molecular weight excluding hydrogens is 382 g/mol. The van der Waals surface area contributed by atoms with Crippen LogP contribution in [0.15, 0.2) is 85.3 Å². The molecule has 0 bridgehead atoms. The SMILES string of the molecule is Clc1ncnc2c1-n1cccc1C(CNCc1ccccc1)N2c1ccccc1. The molecule has 4 aromatic rings. The molecule has 1 N–H and O–H groups in total. The molecule has 0 saturated heterocycles. The number of benzene rings is 2. The van der Waals surface area contributed by atoms with Crippen LogP contribution in [0.25, 0.3) is 5.69 Å². The van der Waals surface area contributed by atoms with Crippen molar-refractivity contribution in [2.45, 2.75) is 12.6 Å². The topological polar surface area (TPSA) is 46.0 Å². The van der Waals surface area contributed by atoms with Crippen LogP contribution in [0.4, 0.5) is 11.5 Å². The van der Waals surface area contributed by atoms with E-state index in [-0.39, 0.29) is 6.04 Å². The van der Waals surface area contributed by atoms with E-state index in [2.05, 4.69) is 67.2 Å². The Kier molecular flexibility index (Phi) is 4.76. The number of rotatable bonds is 5. The summed E-state index contributed by atoms with van der Waals surface area (Å²) >= 11 is 6.50. The van der Waals surface area contributed by atoms with Gasteiger partial charge < -0.3 is 14.8 Å². The lowest BCUT2D eigenvalue weighted by Gasteiger charge is -2.39. The summed E-state index contributed by atoms with van der Waals surface area (Å²) in [7, 11) is 0. The second-order valence-electron chi connectivity index (χ2n) is 6.98. The summed E-state index contributed by atoms with van der Waals surface area (Å²) in [6.45, 7) is 1.56. The van der Waals surface area contributed by atoms with E-state index >= 15 is 0 Å². The van der Waals surface area contributed by atoms with E-state index < -0.39 is 0 Å². The normalized spacial score (nSPS) is 15.1. The Morgan fingerprint density at radius 3 is 2.45 bits per heavy atom. The predicted molar refractivity (Wildman–Crippen MR) is 116 cm³/mol. The van der Waals surface area contributed by atoms with Gasteiger partial charge in [-0.3, -0.25) is 0 Å². The second-order valence-corrected chi connectivity index (χ2v) is 7.34. The Bertz CT molecular complexity index is 1110. The number of hydrogen-bond acceptors (Lipinski definition) is 4. The number of halogens is 1. The Labute approximate surface area is 174 Å². The molecule has 6 heteroatoms. The van der Waals surface area contributed by atoms with Crippen molar-refractivity contribution in [1.82, 2.24) is 19.9 Å². The lowest BCUT2D eigenvalue weighted by atomic mass is 10.1. The Balaban J connectivity index is 1.55. The van der Waals surface area contributed by atoms with Crippen LogP contribution >= 0.6 is 11.6 Å². The predicted octanol–water partition coefficient (Wildman–Crippen LogP) is 4.90. The maximum atomic E-state index is 6.50. The van der Waals surface area contributed by atoms with Crippen molar-refractivity contribution in [3.63, 3.8) is 0 Å². The molecular formula is C23H20ClN5. The third-order valence-corrected chi connectivity index (χ3v) is 5.48. The number of aromatic nitrogens is 3. The Hall–Kier alpha value is -3.15. The first-order valence-electron chi connectivity index (χ1n) is 9.60. The van der Waals surface area contributed by atoms with Crippen molar-refractivity contribution in [2.24, 2.45) is 0 Å². The van der Waals surface area contributed by atoms with E-state index in [0.717, 1.165) is 36.0 Å². The smallest absolute Gasteiger partial charge is 0.163 e. The Morgan fingerprint density at radius 2 is 1.66 bits per heavy atom. The lowest BCUT2D eigenvalue weighted by Crippen LogP contribution is -2.38. The highest BCUT2D eigenvalue weighted by Gasteiger charge is 2.34. The molecule has 0 radical (unpaired) electrons. The summed E-state index contributed by atoms with van der Waals surface area (Å²) in [6, 6.07) is 25.0. The second kappa shape index (κ2) is 7.70. The van der Waals surface area contributed by atoms with Crippen LogP contribution in [-0.4, -0.2) is 21.1 Å². The summed E-state index contributed by atoms with van der Waals surface area (Å²) in [5.74, 6) is 0.811. The molecule has 0 amide bonds. The molecule has 0 fully saturated rings. The summed E-state index contributed by atoms with van der Waals surface area (Å²) in [5.41, 5.74) is 4.30. The molecule has 3 heterocycles. The monoisotopic (exact) mass is 401 g/mol. The van der Waals surface area contributed by atoms with Gasteiger partial charge in [-0.05, 0) is 29.8 Å². The number of anilines is 2. The maximum Gasteiger partial charge on any atom is 0.163 e. The number of nitrogens with zero attached hydrogens (tertiary/aromatic N) is 4. The van der Waals surface area contributed by atoms with Crippen LogP contribution in [0.1, 0.15) is 17.3 Å². The summed E-state index contributed by atoms with van der Waals surface area (Å²) in [6.07, 6.45) is 3.55. The maximum absolute atomic E-state index is 6.50. The molecule has 29 heavy (non-hydrogen) atoms. The first kappa shape index (κ1) is 17.9. The zero-order valence-electron chi connectivity index (χ0n) is 15.7. The zero-order chi connectivity index (χ0) is 19.6.